The van der Waals surface area contributed by atoms with E-state index in [9.17, 15) is 9.18 Å². The molecule has 0 saturated heterocycles. The first-order valence-electron chi connectivity index (χ1n) is 9.07. The summed E-state index contributed by atoms with van der Waals surface area (Å²) in [6, 6.07) is 17.4. The highest BCUT2D eigenvalue weighted by Crippen LogP contribution is 2.25. The Morgan fingerprint density at radius 3 is 2.66 bits per heavy atom. The van der Waals surface area contributed by atoms with Gasteiger partial charge in [-0.3, -0.25) is 9.78 Å². The van der Waals surface area contributed by atoms with Crippen LogP contribution in [0.3, 0.4) is 0 Å². The largest absolute Gasteiger partial charge is 0.346 e. The topological polar surface area (TPSA) is 72.7 Å². The van der Waals surface area contributed by atoms with Crippen LogP contribution in [0.4, 0.5) is 4.39 Å². The molecule has 0 aliphatic heterocycles. The van der Waals surface area contributed by atoms with Crippen LogP contribution in [0.5, 0.6) is 0 Å². The van der Waals surface area contributed by atoms with Gasteiger partial charge in [-0.2, -0.15) is 0 Å². The van der Waals surface area contributed by atoms with Gasteiger partial charge in [-0.05, 0) is 54.4 Å². The van der Waals surface area contributed by atoms with Gasteiger partial charge in [-0.1, -0.05) is 29.5 Å². The lowest BCUT2D eigenvalue weighted by Gasteiger charge is -2.09. The standard InChI is InChI=1S/C22H18FN5O/c1-15-4-2-6-19(12-15)28-21(17-5-3-11-24-14-17)20(26-27-28)22(29)25-13-16-7-9-18(23)10-8-16/h2-12,14H,13H2,1H3,(H,25,29). The van der Waals surface area contributed by atoms with Crippen molar-refractivity contribution in [1.82, 2.24) is 25.3 Å². The normalized spacial score (nSPS) is 10.7. The SMILES string of the molecule is Cc1cccc(-n2nnc(C(=O)NCc3ccc(F)cc3)c2-c2cccnc2)c1. The molecule has 0 radical (unpaired) electrons. The first-order chi connectivity index (χ1) is 14.1. The van der Waals surface area contributed by atoms with Gasteiger partial charge < -0.3 is 5.32 Å². The molecule has 0 atom stereocenters. The number of aromatic nitrogens is 4. The molecule has 0 saturated carbocycles. The van der Waals surface area contributed by atoms with E-state index in [4.69, 9.17) is 0 Å². The number of halogens is 1. The molecular weight excluding hydrogens is 369 g/mol. The fourth-order valence-corrected chi connectivity index (χ4v) is 3.01. The van der Waals surface area contributed by atoms with Crippen molar-refractivity contribution in [3.05, 3.63) is 95.7 Å². The maximum Gasteiger partial charge on any atom is 0.274 e. The van der Waals surface area contributed by atoms with E-state index in [1.54, 1.807) is 35.3 Å². The van der Waals surface area contributed by atoms with Crippen LogP contribution in [0.25, 0.3) is 16.9 Å². The smallest absolute Gasteiger partial charge is 0.274 e. The van der Waals surface area contributed by atoms with Crippen molar-refractivity contribution < 1.29 is 9.18 Å². The van der Waals surface area contributed by atoms with Gasteiger partial charge in [0.15, 0.2) is 5.69 Å². The van der Waals surface area contributed by atoms with Crippen LogP contribution in [-0.2, 0) is 6.54 Å². The summed E-state index contributed by atoms with van der Waals surface area (Å²) >= 11 is 0. The molecule has 2 heterocycles. The third-order valence-electron chi connectivity index (χ3n) is 4.43. The summed E-state index contributed by atoms with van der Waals surface area (Å²) in [6.45, 7) is 2.24. The second-order valence-corrected chi connectivity index (χ2v) is 6.59. The number of amides is 1. The highest BCUT2D eigenvalue weighted by atomic mass is 19.1. The third-order valence-corrected chi connectivity index (χ3v) is 4.43. The summed E-state index contributed by atoms with van der Waals surface area (Å²) in [5.41, 5.74) is 4.13. The first kappa shape index (κ1) is 18.5. The fourth-order valence-electron chi connectivity index (χ4n) is 3.01. The highest BCUT2D eigenvalue weighted by Gasteiger charge is 2.22. The molecule has 4 aromatic rings. The van der Waals surface area contributed by atoms with E-state index in [-0.39, 0.29) is 24.0 Å². The van der Waals surface area contributed by atoms with Crippen LogP contribution in [0.2, 0.25) is 0 Å². The van der Waals surface area contributed by atoms with Crippen molar-refractivity contribution in [2.75, 3.05) is 0 Å². The molecule has 0 spiro atoms. The van der Waals surface area contributed by atoms with Crippen LogP contribution in [0.1, 0.15) is 21.6 Å². The zero-order valence-corrected chi connectivity index (χ0v) is 15.7. The Morgan fingerprint density at radius 2 is 1.93 bits per heavy atom. The Labute approximate surface area is 167 Å². The zero-order valence-electron chi connectivity index (χ0n) is 15.7. The molecule has 4 rings (SSSR count). The van der Waals surface area contributed by atoms with Gasteiger partial charge in [0.2, 0.25) is 0 Å². The van der Waals surface area contributed by atoms with Crippen LogP contribution in [0, 0.1) is 12.7 Å². The second-order valence-electron chi connectivity index (χ2n) is 6.59. The fraction of sp³-hybridized carbons (Fsp3) is 0.0909. The third kappa shape index (κ3) is 4.03. The van der Waals surface area contributed by atoms with Gasteiger partial charge in [-0.15, -0.1) is 5.10 Å². The van der Waals surface area contributed by atoms with E-state index >= 15 is 0 Å². The average Bonchev–Trinajstić information content (AvgIpc) is 3.19. The lowest BCUT2D eigenvalue weighted by Crippen LogP contribution is -2.24. The minimum atomic E-state index is -0.368. The van der Waals surface area contributed by atoms with Crippen molar-refractivity contribution in [2.24, 2.45) is 0 Å². The number of nitrogens with zero attached hydrogens (tertiary/aromatic N) is 4. The first-order valence-corrected chi connectivity index (χ1v) is 9.07. The van der Waals surface area contributed by atoms with E-state index in [1.807, 2.05) is 37.3 Å². The van der Waals surface area contributed by atoms with E-state index < -0.39 is 0 Å². The highest BCUT2D eigenvalue weighted by molar-refractivity contribution is 5.98. The summed E-state index contributed by atoms with van der Waals surface area (Å²) in [6.07, 6.45) is 3.33. The Bertz CT molecular complexity index is 1140. The van der Waals surface area contributed by atoms with Gasteiger partial charge in [0.1, 0.15) is 11.5 Å². The number of hydrogen-bond donors (Lipinski definition) is 1. The van der Waals surface area contributed by atoms with Crippen molar-refractivity contribution >= 4 is 5.91 Å². The molecule has 0 aliphatic rings. The average molecular weight is 387 g/mol. The van der Waals surface area contributed by atoms with Gasteiger partial charge in [-0.25, -0.2) is 9.07 Å². The van der Waals surface area contributed by atoms with E-state index in [2.05, 4.69) is 20.6 Å². The minimum Gasteiger partial charge on any atom is -0.346 e. The van der Waals surface area contributed by atoms with E-state index in [0.29, 0.717) is 5.69 Å². The molecular formula is C22H18FN5O. The van der Waals surface area contributed by atoms with Crippen molar-refractivity contribution in [2.45, 2.75) is 13.5 Å². The molecule has 0 fully saturated rings. The van der Waals surface area contributed by atoms with E-state index in [1.165, 1.54) is 12.1 Å². The molecule has 0 bridgehead atoms. The van der Waals surface area contributed by atoms with Crippen molar-refractivity contribution in [3.63, 3.8) is 0 Å². The molecule has 7 heteroatoms. The van der Waals surface area contributed by atoms with Crippen LogP contribution in [0.15, 0.2) is 73.1 Å². The summed E-state index contributed by atoms with van der Waals surface area (Å²) in [5, 5.41) is 11.2. The molecule has 6 nitrogen and oxygen atoms in total. The molecule has 0 unspecified atom stereocenters. The number of aryl methyl sites for hydroxylation is 1. The van der Waals surface area contributed by atoms with Crippen LogP contribution in [-0.4, -0.2) is 25.9 Å². The van der Waals surface area contributed by atoms with Gasteiger partial charge in [0.05, 0.1) is 5.69 Å². The zero-order chi connectivity index (χ0) is 20.2. The maximum absolute atomic E-state index is 13.1. The molecule has 0 aliphatic carbocycles. The quantitative estimate of drug-likeness (QED) is 0.567. The van der Waals surface area contributed by atoms with Gasteiger partial charge >= 0.3 is 0 Å². The van der Waals surface area contributed by atoms with E-state index in [0.717, 1.165) is 22.4 Å². The number of carbonyl (C=O) groups is 1. The van der Waals surface area contributed by atoms with Crippen molar-refractivity contribution in [3.8, 4) is 16.9 Å². The Morgan fingerprint density at radius 1 is 1.10 bits per heavy atom. The summed E-state index contributed by atoms with van der Waals surface area (Å²) in [5.74, 6) is -0.688. The summed E-state index contributed by atoms with van der Waals surface area (Å²) < 4.78 is 14.7. The predicted octanol–water partition coefficient (Wildman–Crippen LogP) is 3.71. The Balaban J connectivity index is 1.69. The molecule has 29 heavy (non-hydrogen) atoms. The van der Waals surface area contributed by atoms with Gasteiger partial charge in [0.25, 0.3) is 5.91 Å². The number of hydrogen-bond acceptors (Lipinski definition) is 4. The van der Waals surface area contributed by atoms with Crippen LogP contribution < -0.4 is 5.32 Å². The Hall–Kier alpha value is -3.87. The molecule has 1 amide bonds. The van der Waals surface area contributed by atoms with Crippen LogP contribution >= 0.6 is 0 Å². The lowest BCUT2D eigenvalue weighted by molar-refractivity contribution is 0.0946. The predicted molar refractivity (Wildman–Crippen MR) is 107 cm³/mol. The number of carbonyl (C=O) groups excluding carboxylic acids is 1. The number of nitrogens with one attached hydrogen (secondary N) is 1. The Kier molecular flexibility index (Phi) is 5.11. The minimum absolute atomic E-state index is 0.196. The van der Waals surface area contributed by atoms with Crippen molar-refractivity contribution in [1.29, 1.82) is 0 Å². The number of pyridine rings is 1. The molecule has 144 valence electrons. The monoisotopic (exact) mass is 387 g/mol. The summed E-state index contributed by atoms with van der Waals surface area (Å²) in [7, 11) is 0. The maximum atomic E-state index is 13.1. The number of benzene rings is 2. The second kappa shape index (κ2) is 8.02. The lowest BCUT2D eigenvalue weighted by atomic mass is 10.1. The molecule has 2 aromatic heterocycles. The number of rotatable bonds is 5. The molecule has 1 N–H and O–H groups in total. The van der Waals surface area contributed by atoms with Gasteiger partial charge in [0, 0.05) is 24.5 Å². The molecule has 2 aromatic carbocycles. The summed E-state index contributed by atoms with van der Waals surface area (Å²) in [4.78, 5) is 17.0.